The molecule has 1 heterocycles. The SMILES string of the molecule is Cc1ccc(S(=O)(=O)O[C@@H]2[C@H](OS(=O)(=O)c3ccc(C)cc3)[C@@H](O)OC[C@H]2OS(=O)(=O)c2ccc(C)cc2)cc1. The van der Waals surface area contributed by atoms with Crippen molar-refractivity contribution in [3.8, 4) is 0 Å². The van der Waals surface area contributed by atoms with Gasteiger partial charge in [-0.2, -0.15) is 25.3 Å². The van der Waals surface area contributed by atoms with Crippen LogP contribution in [0.15, 0.2) is 87.5 Å². The van der Waals surface area contributed by atoms with Crippen LogP contribution >= 0.6 is 0 Å². The highest BCUT2D eigenvalue weighted by atomic mass is 32.2. The van der Waals surface area contributed by atoms with E-state index >= 15 is 0 Å². The molecule has 1 fully saturated rings. The van der Waals surface area contributed by atoms with Crippen LogP contribution in [0, 0.1) is 20.8 Å². The summed E-state index contributed by atoms with van der Waals surface area (Å²) in [5, 5.41) is 10.6. The first-order chi connectivity index (χ1) is 18.7. The van der Waals surface area contributed by atoms with E-state index in [0.29, 0.717) is 0 Å². The molecule has 1 aliphatic heterocycles. The maximum absolute atomic E-state index is 13.2. The molecule has 1 aliphatic rings. The Morgan fingerprint density at radius 2 is 0.900 bits per heavy atom. The molecule has 0 amide bonds. The van der Waals surface area contributed by atoms with Crippen molar-refractivity contribution in [3.63, 3.8) is 0 Å². The maximum atomic E-state index is 13.2. The summed E-state index contributed by atoms with van der Waals surface area (Å²) < 4.78 is 99.7. The molecular weight excluding hydrogens is 584 g/mol. The van der Waals surface area contributed by atoms with Gasteiger partial charge in [0.15, 0.2) is 12.4 Å². The second kappa shape index (κ2) is 11.7. The highest BCUT2D eigenvalue weighted by molar-refractivity contribution is 7.87. The number of aliphatic hydroxyl groups excluding tert-OH is 1. The topological polar surface area (TPSA) is 160 Å². The van der Waals surface area contributed by atoms with Gasteiger partial charge in [-0.25, -0.2) is 0 Å². The average molecular weight is 613 g/mol. The smallest absolute Gasteiger partial charge is 0.297 e. The van der Waals surface area contributed by atoms with Crippen LogP contribution in [0.2, 0.25) is 0 Å². The van der Waals surface area contributed by atoms with Crippen molar-refractivity contribution in [2.24, 2.45) is 0 Å². The maximum Gasteiger partial charge on any atom is 0.297 e. The average Bonchev–Trinajstić information content (AvgIpc) is 2.88. The Bertz CT molecular complexity index is 1650. The predicted octanol–water partition coefficient (Wildman–Crippen LogP) is 2.58. The number of ether oxygens (including phenoxy) is 1. The van der Waals surface area contributed by atoms with Gasteiger partial charge in [0.25, 0.3) is 30.4 Å². The number of rotatable bonds is 9. The van der Waals surface area contributed by atoms with E-state index in [4.69, 9.17) is 17.3 Å². The Morgan fingerprint density at radius 1 is 0.575 bits per heavy atom. The third-order valence-electron chi connectivity index (χ3n) is 6.06. The summed E-state index contributed by atoms with van der Waals surface area (Å²) >= 11 is 0. The third kappa shape index (κ3) is 6.95. The fourth-order valence-electron chi connectivity index (χ4n) is 3.80. The standard InChI is InChI=1S/C26H28O11S3/c1-17-4-10-20(11-5-17)38(28,29)35-23-16-34-26(27)25(37-40(32,33)22-14-8-19(3)9-15-22)24(23)36-39(30,31)21-12-6-18(2)7-13-21/h4-15,23-27H,16H2,1-3H3/t23-,24+,25+,26+/m1/s1. The van der Waals surface area contributed by atoms with Gasteiger partial charge in [0, 0.05) is 0 Å². The van der Waals surface area contributed by atoms with E-state index in [-0.39, 0.29) is 14.7 Å². The van der Waals surface area contributed by atoms with Gasteiger partial charge in [-0.15, -0.1) is 0 Å². The molecule has 4 rings (SSSR count). The highest BCUT2D eigenvalue weighted by Gasteiger charge is 2.49. The van der Waals surface area contributed by atoms with Crippen LogP contribution in [0.4, 0.5) is 0 Å². The van der Waals surface area contributed by atoms with Crippen molar-refractivity contribution in [2.75, 3.05) is 6.61 Å². The molecule has 0 spiro atoms. The molecule has 0 aliphatic carbocycles. The van der Waals surface area contributed by atoms with Crippen LogP contribution < -0.4 is 0 Å². The fourth-order valence-corrected chi connectivity index (χ4v) is 7.05. The van der Waals surface area contributed by atoms with Gasteiger partial charge in [0.1, 0.15) is 12.2 Å². The lowest BCUT2D eigenvalue weighted by molar-refractivity contribution is -0.233. The Kier molecular flexibility index (Phi) is 8.82. The zero-order valence-corrected chi connectivity index (χ0v) is 24.1. The second-order valence-corrected chi connectivity index (χ2v) is 14.0. The molecule has 0 unspecified atom stereocenters. The van der Waals surface area contributed by atoms with E-state index in [0.717, 1.165) is 16.7 Å². The van der Waals surface area contributed by atoms with E-state index in [2.05, 4.69) is 0 Å². The third-order valence-corrected chi connectivity index (χ3v) is 10.1. The van der Waals surface area contributed by atoms with Crippen molar-refractivity contribution in [2.45, 2.75) is 60.1 Å². The molecule has 0 bridgehead atoms. The normalized spacial score (nSPS) is 22.2. The van der Waals surface area contributed by atoms with Crippen LogP contribution in [0.5, 0.6) is 0 Å². The van der Waals surface area contributed by atoms with Gasteiger partial charge in [0.05, 0.1) is 21.3 Å². The van der Waals surface area contributed by atoms with E-state index in [1.165, 1.54) is 72.8 Å². The van der Waals surface area contributed by atoms with Crippen LogP contribution in [-0.4, -0.2) is 61.6 Å². The summed E-state index contributed by atoms with van der Waals surface area (Å²) in [4.78, 5) is -0.825. The molecule has 3 aromatic carbocycles. The van der Waals surface area contributed by atoms with Crippen molar-refractivity contribution in [1.29, 1.82) is 0 Å². The number of aliphatic hydroxyl groups is 1. The van der Waals surface area contributed by atoms with Crippen LogP contribution in [-0.2, 0) is 47.6 Å². The van der Waals surface area contributed by atoms with E-state index in [9.17, 15) is 30.4 Å². The molecule has 14 heteroatoms. The number of hydrogen-bond donors (Lipinski definition) is 1. The molecule has 3 aromatic rings. The van der Waals surface area contributed by atoms with Gasteiger partial charge >= 0.3 is 0 Å². The zero-order chi connectivity index (χ0) is 29.3. The first kappa shape index (κ1) is 30.3. The van der Waals surface area contributed by atoms with E-state index in [1.54, 1.807) is 20.8 Å². The summed E-state index contributed by atoms with van der Waals surface area (Å²) in [5.41, 5.74) is 2.31. The Balaban J connectivity index is 1.72. The number of benzene rings is 3. The monoisotopic (exact) mass is 612 g/mol. The summed E-state index contributed by atoms with van der Waals surface area (Å²) in [7, 11) is -13.8. The molecule has 40 heavy (non-hydrogen) atoms. The molecule has 0 radical (unpaired) electrons. The Morgan fingerprint density at radius 3 is 1.27 bits per heavy atom. The molecular formula is C26H28O11S3. The van der Waals surface area contributed by atoms with Crippen LogP contribution in [0.3, 0.4) is 0 Å². The minimum atomic E-state index is -4.63. The first-order valence-electron chi connectivity index (χ1n) is 12.0. The van der Waals surface area contributed by atoms with E-state index in [1.807, 2.05) is 0 Å². The van der Waals surface area contributed by atoms with Crippen LogP contribution in [0.25, 0.3) is 0 Å². The van der Waals surface area contributed by atoms with Gasteiger partial charge < -0.3 is 9.84 Å². The predicted molar refractivity (Wildman–Crippen MR) is 142 cm³/mol. The lowest BCUT2D eigenvalue weighted by Gasteiger charge is -2.38. The number of hydrogen-bond acceptors (Lipinski definition) is 11. The largest absolute Gasteiger partial charge is 0.366 e. The molecule has 216 valence electrons. The lowest BCUT2D eigenvalue weighted by Crippen LogP contribution is -2.57. The quantitative estimate of drug-likeness (QED) is 0.354. The first-order valence-corrected chi connectivity index (χ1v) is 16.2. The van der Waals surface area contributed by atoms with Gasteiger partial charge in [-0.05, 0) is 57.2 Å². The Hall–Kier alpha value is -2.69. The van der Waals surface area contributed by atoms with Gasteiger partial charge in [-0.3, -0.25) is 12.5 Å². The van der Waals surface area contributed by atoms with Crippen molar-refractivity contribution < 1.29 is 47.6 Å². The van der Waals surface area contributed by atoms with Crippen molar-refractivity contribution in [1.82, 2.24) is 0 Å². The van der Waals surface area contributed by atoms with Gasteiger partial charge in [-0.1, -0.05) is 53.1 Å². The minimum absolute atomic E-state index is 0.242. The molecule has 1 N–H and O–H groups in total. The molecule has 0 aromatic heterocycles. The highest BCUT2D eigenvalue weighted by Crippen LogP contribution is 2.31. The van der Waals surface area contributed by atoms with Crippen LogP contribution in [0.1, 0.15) is 16.7 Å². The zero-order valence-electron chi connectivity index (χ0n) is 21.7. The minimum Gasteiger partial charge on any atom is -0.366 e. The summed E-state index contributed by atoms with van der Waals surface area (Å²) in [6.45, 7) is 4.58. The lowest BCUT2D eigenvalue weighted by atomic mass is 10.1. The number of aryl methyl sites for hydroxylation is 3. The van der Waals surface area contributed by atoms with Crippen molar-refractivity contribution in [3.05, 3.63) is 89.5 Å². The van der Waals surface area contributed by atoms with Gasteiger partial charge in [0.2, 0.25) is 0 Å². The molecule has 0 saturated carbocycles. The Labute approximate surface area is 233 Å². The molecule has 1 saturated heterocycles. The molecule has 11 nitrogen and oxygen atoms in total. The molecule has 4 atom stereocenters. The fraction of sp³-hybridized carbons (Fsp3) is 0.308. The summed E-state index contributed by atoms with van der Waals surface area (Å²) in [6, 6.07) is 16.7. The van der Waals surface area contributed by atoms with E-state index < -0.39 is 61.6 Å². The summed E-state index contributed by atoms with van der Waals surface area (Å²) in [6.07, 6.45) is -7.73. The summed E-state index contributed by atoms with van der Waals surface area (Å²) in [5.74, 6) is 0. The van der Waals surface area contributed by atoms with Crippen molar-refractivity contribution >= 4 is 30.4 Å². The second-order valence-electron chi connectivity index (χ2n) is 9.28.